The largest absolute Gasteiger partial charge is 0.313 e. The molecule has 0 fully saturated rings. The average Bonchev–Trinajstić information content (AvgIpc) is 3.77. The molecule has 346 valence electrons. The predicted octanol–water partition coefficient (Wildman–Crippen LogP) is 19.2. The van der Waals surface area contributed by atoms with Crippen LogP contribution < -0.4 is 4.90 Å². The molecule has 0 aromatic heterocycles. The molecular formula is C72H53N. The van der Waals surface area contributed by atoms with Gasteiger partial charge in [0.1, 0.15) is 0 Å². The zero-order valence-electron chi connectivity index (χ0n) is 40.9. The second kappa shape index (κ2) is 19.5. The second-order valence-corrected chi connectivity index (χ2v) is 18.8. The lowest BCUT2D eigenvalue weighted by molar-refractivity contribution is 0.768. The molecule has 0 amide bonds. The van der Waals surface area contributed by atoms with Gasteiger partial charge in [0.05, 0.1) is 11.1 Å². The van der Waals surface area contributed by atoms with Crippen LogP contribution in [0.2, 0.25) is 0 Å². The third-order valence-electron chi connectivity index (χ3n) is 14.8. The monoisotopic (exact) mass is 931 g/mol. The smallest absolute Gasteiger partial charge is 0.0714 e. The molecule has 0 heterocycles. The van der Waals surface area contributed by atoms with Crippen LogP contribution in [0.25, 0.3) is 72.0 Å². The van der Waals surface area contributed by atoms with Gasteiger partial charge in [-0.25, -0.2) is 0 Å². The molecule has 0 atom stereocenters. The van der Waals surface area contributed by atoms with Crippen LogP contribution in [-0.2, 0) is 5.41 Å². The van der Waals surface area contributed by atoms with Crippen molar-refractivity contribution in [3.8, 4) is 55.6 Å². The van der Waals surface area contributed by atoms with E-state index in [9.17, 15) is 0 Å². The van der Waals surface area contributed by atoms with E-state index in [0.717, 1.165) is 50.5 Å². The molecule has 12 rings (SSSR count). The van der Waals surface area contributed by atoms with Crippen molar-refractivity contribution in [1.29, 1.82) is 0 Å². The van der Waals surface area contributed by atoms with Gasteiger partial charge in [-0.2, -0.15) is 0 Å². The van der Waals surface area contributed by atoms with Gasteiger partial charge in [0.25, 0.3) is 0 Å². The number of hydrogen-bond donors (Lipinski definition) is 0. The van der Waals surface area contributed by atoms with Crippen LogP contribution in [0.1, 0.15) is 29.2 Å². The van der Waals surface area contributed by atoms with Crippen LogP contribution in [0.5, 0.6) is 0 Å². The van der Waals surface area contributed by atoms with E-state index in [-0.39, 0.29) is 0 Å². The Morgan fingerprint density at radius 1 is 0.384 bits per heavy atom. The molecular weight excluding hydrogens is 879 g/mol. The Kier molecular flexibility index (Phi) is 12.0. The molecule has 0 saturated heterocycles. The second-order valence-electron chi connectivity index (χ2n) is 18.8. The minimum absolute atomic E-state index is 0.633. The van der Waals surface area contributed by atoms with Gasteiger partial charge < -0.3 is 4.90 Å². The van der Waals surface area contributed by atoms with E-state index < -0.39 is 5.41 Å². The van der Waals surface area contributed by atoms with Crippen molar-refractivity contribution in [3.63, 3.8) is 0 Å². The fraction of sp³-hybridized carbons (Fsp3) is 0.0278. The van der Waals surface area contributed by atoms with Gasteiger partial charge in [0.2, 0.25) is 0 Å². The average molecular weight is 932 g/mol. The lowest BCUT2D eigenvalue weighted by Gasteiger charge is -2.35. The number of benzene rings is 11. The zero-order valence-corrected chi connectivity index (χ0v) is 40.9. The highest BCUT2D eigenvalue weighted by Crippen LogP contribution is 2.59. The standard InChI is InChI=1S/C72H53N/c1-3-24-68-70(66-38-20-21-41-67(66)72(68,58-31-12-6-13-32-58)59-33-14-7-15-34-59)51(2)73(60-49-47-53(48-50-60)52-43-45-57(46-44-52)62-39-22-30-55-29-16-17-35-61(55)62)69-42-23-40-64(56-27-10-5-11-28-56)71(69)65-37-19-18-36-63(65)54-25-8-4-9-26-54/h3-50H,1H2,2H3/b68-24+,70-51+. The first-order valence-corrected chi connectivity index (χ1v) is 25.2. The summed E-state index contributed by atoms with van der Waals surface area (Å²) < 4.78 is 0. The highest BCUT2D eigenvalue weighted by Gasteiger charge is 2.49. The molecule has 0 aliphatic heterocycles. The molecule has 11 aromatic carbocycles. The predicted molar refractivity (Wildman–Crippen MR) is 310 cm³/mol. The summed E-state index contributed by atoms with van der Waals surface area (Å²) in [4.78, 5) is 2.52. The Hall–Kier alpha value is -9.30. The van der Waals surface area contributed by atoms with Crippen molar-refractivity contribution >= 4 is 27.7 Å². The summed E-state index contributed by atoms with van der Waals surface area (Å²) in [6.07, 6.45) is 4.23. The topological polar surface area (TPSA) is 3.24 Å². The van der Waals surface area contributed by atoms with Crippen molar-refractivity contribution in [2.45, 2.75) is 12.3 Å². The Morgan fingerprint density at radius 2 is 0.836 bits per heavy atom. The Balaban J connectivity index is 1.11. The maximum Gasteiger partial charge on any atom is 0.0714 e. The summed E-state index contributed by atoms with van der Waals surface area (Å²) in [6.45, 7) is 6.71. The lowest BCUT2D eigenvalue weighted by atomic mass is 9.67. The number of fused-ring (bicyclic) bond motifs is 2. The van der Waals surface area contributed by atoms with Crippen LogP contribution in [0.15, 0.2) is 309 Å². The van der Waals surface area contributed by atoms with E-state index in [2.05, 4.69) is 304 Å². The summed E-state index contributed by atoms with van der Waals surface area (Å²) >= 11 is 0. The van der Waals surface area contributed by atoms with Crippen molar-refractivity contribution in [2.75, 3.05) is 4.90 Å². The van der Waals surface area contributed by atoms with E-state index in [0.29, 0.717) is 0 Å². The summed E-state index contributed by atoms with van der Waals surface area (Å²) in [5.74, 6) is 0. The quantitative estimate of drug-likeness (QED) is 0.125. The highest BCUT2D eigenvalue weighted by molar-refractivity contribution is 6.03. The Labute approximate surface area is 429 Å². The van der Waals surface area contributed by atoms with Gasteiger partial charge in [0, 0.05) is 22.5 Å². The molecule has 1 heteroatoms. The molecule has 1 nitrogen and oxygen atoms in total. The third-order valence-corrected chi connectivity index (χ3v) is 14.8. The SMILES string of the molecule is C=C/C=C1\C(=C(/C)N(c2ccc(-c3ccc(-c4cccc5ccccc45)cc3)cc2)c2cccc(-c3ccccc3)c2-c2ccccc2-c2ccccc2)c2ccccc2C1(c1ccccc1)c1ccccc1. The molecule has 11 aromatic rings. The first-order valence-electron chi connectivity index (χ1n) is 25.2. The lowest BCUT2D eigenvalue weighted by Crippen LogP contribution is -2.29. The first-order chi connectivity index (χ1) is 36.1. The van der Waals surface area contributed by atoms with Crippen LogP contribution >= 0.6 is 0 Å². The summed E-state index contributed by atoms with van der Waals surface area (Å²) in [5, 5.41) is 2.50. The number of anilines is 2. The molecule has 1 aliphatic carbocycles. The number of nitrogens with zero attached hydrogens (tertiary/aromatic N) is 1. The van der Waals surface area contributed by atoms with Crippen LogP contribution in [-0.4, -0.2) is 0 Å². The number of rotatable bonds is 11. The molecule has 73 heavy (non-hydrogen) atoms. The summed E-state index contributed by atoms with van der Waals surface area (Å²) in [5.41, 5.74) is 21.5. The van der Waals surface area contributed by atoms with Crippen molar-refractivity contribution in [1.82, 2.24) is 0 Å². The first kappa shape index (κ1) is 44.9. The van der Waals surface area contributed by atoms with E-state index in [1.165, 1.54) is 66.4 Å². The van der Waals surface area contributed by atoms with Crippen molar-refractivity contribution in [2.24, 2.45) is 0 Å². The van der Waals surface area contributed by atoms with E-state index >= 15 is 0 Å². The van der Waals surface area contributed by atoms with Crippen LogP contribution in [0.3, 0.4) is 0 Å². The number of hydrogen-bond acceptors (Lipinski definition) is 1. The van der Waals surface area contributed by atoms with Gasteiger partial charge in [0.15, 0.2) is 0 Å². The minimum atomic E-state index is -0.633. The Bertz CT molecular complexity index is 3780. The van der Waals surface area contributed by atoms with Gasteiger partial charge in [-0.15, -0.1) is 0 Å². The minimum Gasteiger partial charge on any atom is -0.313 e. The van der Waals surface area contributed by atoms with E-state index in [1.54, 1.807) is 0 Å². The maximum atomic E-state index is 4.39. The Morgan fingerprint density at radius 3 is 1.48 bits per heavy atom. The van der Waals surface area contributed by atoms with Gasteiger partial charge in [-0.05, 0) is 114 Å². The van der Waals surface area contributed by atoms with Gasteiger partial charge in [-0.3, -0.25) is 0 Å². The van der Waals surface area contributed by atoms with E-state index in [1.807, 2.05) is 6.08 Å². The number of allylic oxidation sites excluding steroid dienone is 5. The van der Waals surface area contributed by atoms with E-state index in [4.69, 9.17) is 0 Å². The normalized spacial score (nSPS) is 13.9. The third kappa shape index (κ3) is 7.93. The van der Waals surface area contributed by atoms with Crippen LogP contribution in [0.4, 0.5) is 11.4 Å². The molecule has 0 saturated carbocycles. The zero-order chi connectivity index (χ0) is 49.1. The molecule has 0 N–H and O–H groups in total. The molecule has 0 unspecified atom stereocenters. The van der Waals surface area contributed by atoms with Crippen molar-refractivity contribution < 1.29 is 0 Å². The molecule has 0 bridgehead atoms. The maximum absolute atomic E-state index is 4.39. The highest BCUT2D eigenvalue weighted by atomic mass is 15.2. The fourth-order valence-corrected chi connectivity index (χ4v) is 11.6. The van der Waals surface area contributed by atoms with Gasteiger partial charge in [-0.1, -0.05) is 280 Å². The summed E-state index contributed by atoms with van der Waals surface area (Å²) in [7, 11) is 0. The van der Waals surface area contributed by atoms with Crippen molar-refractivity contribution in [3.05, 3.63) is 331 Å². The van der Waals surface area contributed by atoms with Gasteiger partial charge >= 0.3 is 0 Å². The summed E-state index contributed by atoms with van der Waals surface area (Å²) in [6, 6.07) is 102. The molecule has 1 aliphatic rings. The molecule has 0 radical (unpaired) electrons. The van der Waals surface area contributed by atoms with Crippen LogP contribution in [0, 0.1) is 0 Å². The fourth-order valence-electron chi connectivity index (χ4n) is 11.6. The molecule has 0 spiro atoms.